The number of carbonyl (C=O) groups excluding carboxylic acids is 2. The van der Waals surface area contributed by atoms with E-state index in [1.807, 2.05) is 71.1 Å². The van der Waals surface area contributed by atoms with Crippen LogP contribution in [0.5, 0.6) is 0 Å². The van der Waals surface area contributed by atoms with Crippen molar-refractivity contribution >= 4 is 18.0 Å². The Bertz CT molecular complexity index is 1360. The van der Waals surface area contributed by atoms with Crippen LogP contribution in [0.2, 0.25) is 0 Å². The summed E-state index contributed by atoms with van der Waals surface area (Å²) in [5.74, 6) is -0.316. The summed E-state index contributed by atoms with van der Waals surface area (Å²) < 4.78 is 34.7. The molecule has 11 atom stereocenters. The molecule has 3 saturated heterocycles. The van der Waals surface area contributed by atoms with E-state index in [1.54, 1.807) is 20.3 Å². The lowest BCUT2D eigenvalue weighted by Gasteiger charge is -2.33. The summed E-state index contributed by atoms with van der Waals surface area (Å²) in [6, 6.07) is 0. The molecule has 0 saturated carbocycles. The molecule has 2 bridgehead atoms. The number of epoxide rings is 2. The summed E-state index contributed by atoms with van der Waals surface area (Å²) >= 11 is 0. The Labute approximate surface area is 265 Å². The summed E-state index contributed by atoms with van der Waals surface area (Å²) in [6.07, 6.45) is 11.7. The monoisotopic (exact) mass is 625 g/mol. The Morgan fingerprint density at radius 1 is 1.16 bits per heavy atom. The molecule has 1 aromatic heterocycles. The minimum absolute atomic E-state index is 0.0130. The number of esters is 2. The smallest absolute Gasteiger partial charge is 0.338 e. The van der Waals surface area contributed by atoms with E-state index in [9.17, 15) is 14.7 Å². The molecule has 5 heterocycles. The van der Waals surface area contributed by atoms with Crippen molar-refractivity contribution in [3.63, 3.8) is 0 Å². The molecule has 10 heteroatoms. The Kier molecular flexibility index (Phi) is 10.2. The fraction of sp³-hybridized carbons (Fsp3) is 0.629. The van der Waals surface area contributed by atoms with Crippen LogP contribution in [0.3, 0.4) is 0 Å². The first-order chi connectivity index (χ1) is 21.4. The summed E-state index contributed by atoms with van der Waals surface area (Å²) in [7, 11) is 1.63. The zero-order chi connectivity index (χ0) is 32.5. The van der Waals surface area contributed by atoms with Crippen LogP contribution in [0.1, 0.15) is 71.9 Å². The van der Waals surface area contributed by atoms with E-state index >= 15 is 0 Å². The van der Waals surface area contributed by atoms with Gasteiger partial charge < -0.3 is 33.2 Å². The highest BCUT2D eigenvalue weighted by atomic mass is 16.6. The number of nitrogens with zero attached hydrogens (tertiary/aromatic N) is 1. The van der Waals surface area contributed by atoms with E-state index < -0.39 is 36.0 Å². The maximum absolute atomic E-state index is 13.4. The maximum Gasteiger partial charge on any atom is 0.338 e. The van der Waals surface area contributed by atoms with Gasteiger partial charge in [-0.05, 0) is 56.8 Å². The molecule has 0 spiro atoms. The van der Waals surface area contributed by atoms with Gasteiger partial charge in [-0.15, -0.1) is 0 Å². The molecule has 4 aliphatic rings. The van der Waals surface area contributed by atoms with Gasteiger partial charge in [-0.2, -0.15) is 0 Å². The number of aromatic nitrogens is 1. The molecule has 0 unspecified atom stereocenters. The number of methoxy groups -OCH3 is 1. The number of hydrogen-bond acceptors (Lipinski definition) is 10. The van der Waals surface area contributed by atoms with E-state index in [0.717, 1.165) is 16.8 Å². The number of ether oxygens (including phenoxy) is 5. The van der Waals surface area contributed by atoms with E-state index in [2.05, 4.69) is 4.98 Å². The zero-order valence-electron chi connectivity index (χ0n) is 27.3. The Morgan fingerprint density at radius 2 is 1.91 bits per heavy atom. The number of rotatable bonds is 7. The average molecular weight is 626 g/mol. The highest BCUT2D eigenvalue weighted by Crippen LogP contribution is 2.44. The summed E-state index contributed by atoms with van der Waals surface area (Å²) in [5.41, 5.74) is 1.86. The van der Waals surface area contributed by atoms with Gasteiger partial charge in [0.2, 0.25) is 0 Å². The normalized spacial score (nSPS) is 37.3. The number of aliphatic hydroxyl groups excluding tert-OH is 1. The number of aliphatic hydroxyl groups is 1. The lowest BCUT2D eigenvalue weighted by Crippen LogP contribution is -2.42. The van der Waals surface area contributed by atoms with Gasteiger partial charge in [-0.25, -0.2) is 9.78 Å². The van der Waals surface area contributed by atoms with Crippen molar-refractivity contribution in [2.45, 2.75) is 116 Å². The van der Waals surface area contributed by atoms with Crippen molar-refractivity contribution in [2.24, 2.45) is 17.8 Å². The summed E-state index contributed by atoms with van der Waals surface area (Å²) in [6.45, 7) is 11.6. The third-order valence-electron chi connectivity index (χ3n) is 9.63. The predicted molar refractivity (Wildman–Crippen MR) is 166 cm³/mol. The predicted octanol–water partition coefficient (Wildman–Crippen LogP) is 5.05. The minimum Gasteiger partial charge on any atom is -0.462 e. The van der Waals surface area contributed by atoms with Crippen molar-refractivity contribution < 1.29 is 42.8 Å². The van der Waals surface area contributed by atoms with Crippen molar-refractivity contribution in [1.29, 1.82) is 0 Å². The van der Waals surface area contributed by atoms with Crippen molar-refractivity contribution in [3.05, 3.63) is 59.4 Å². The number of aryl methyl sites for hydroxylation is 1. The van der Waals surface area contributed by atoms with E-state index in [1.165, 1.54) is 0 Å². The molecule has 0 amide bonds. The molecule has 0 radical (unpaired) electrons. The second-order valence-electron chi connectivity index (χ2n) is 13.3. The Hall–Kier alpha value is -3.05. The Balaban J connectivity index is 1.33. The first-order valence-corrected chi connectivity index (χ1v) is 16.0. The number of carbonyl (C=O) groups is 2. The number of fused-ring (bicyclic) bond motifs is 4. The summed E-state index contributed by atoms with van der Waals surface area (Å²) in [4.78, 5) is 30.1. The first-order valence-electron chi connectivity index (χ1n) is 16.0. The molecule has 5 rings (SSSR count). The van der Waals surface area contributed by atoms with E-state index in [4.69, 9.17) is 28.1 Å². The van der Waals surface area contributed by atoms with Crippen LogP contribution in [0.4, 0.5) is 0 Å². The highest BCUT2D eigenvalue weighted by Gasteiger charge is 2.57. The number of allylic oxidation sites excluding steroid dienone is 4. The van der Waals surface area contributed by atoms with Gasteiger partial charge in [-0.3, -0.25) is 4.79 Å². The molecular formula is C35H47NO9. The summed E-state index contributed by atoms with van der Waals surface area (Å²) in [5, 5.41) is 11.4. The number of cyclic esters (lactones) is 1. The third-order valence-corrected chi connectivity index (χ3v) is 9.63. The van der Waals surface area contributed by atoms with Crippen molar-refractivity contribution in [3.8, 4) is 0 Å². The molecule has 1 N–H and O–H groups in total. The fourth-order valence-electron chi connectivity index (χ4n) is 6.64. The SMILES string of the molecule is CO[C@@H](C(C)=CC=CC(C)=Cc1coc(C)n1)[C@@H](C)[C@@H]1C[C@H](O)[C@]2(C)O[C@@H]2C=C[C@@H](C)[C@H]2C[C@H](CC(=O)O2)C[C@@H]2O[C@H]2C(=O)O1. The minimum atomic E-state index is -0.905. The van der Waals surface area contributed by atoms with Gasteiger partial charge in [0, 0.05) is 38.7 Å². The number of oxazole rings is 1. The standard InChI is InChI=1S/C35H47NO9/c1-19(13-25-18-41-23(5)36-25)9-8-10-21(3)32(40-7)22(4)27-17-29(37)35(6)30(45-35)12-11-20(2)26-14-24(16-31(38)42-26)15-28-33(43-28)34(39)44-27/h8-13,18,20,22,24,26-30,32-33,37H,14-17H2,1-7H3/t20-,22+,24+,26-,27+,28+,29+,30-,32+,33-,35+/m1/s1. The Morgan fingerprint density at radius 3 is 2.62 bits per heavy atom. The van der Waals surface area contributed by atoms with Crippen LogP contribution in [0.25, 0.3) is 6.08 Å². The van der Waals surface area contributed by atoms with Crippen LogP contribution in [0.15, 0.2) is 52.2 Å². The van der Waals surface area contributed by atoms with Crippen LogP contribution >= 0.6 is 0 Å². The molecule has 10 nitrogen and oxygen atoms in total. The quantitative estimate of drug-likeness (QED) is 0.190. The van der Waals surface area contributed by atoms with Gasteiger partial charge in [0.25, 0.3) is 0 Å². The van der Waals surface area contributed by atoms with Gasteiger partial charge in [-0.1, -0.05) is 44.2 Å². The van der Waals surface area contributed by atoms with Crippen LogP contribution in [-0.4, -0.2) is 77.5 Å². The van der Waals surface area contributed by atoms with E-state index in [-0.39, 0.29) is 48.5 Å². The zero-order valence-corrected chi connectivity index (χ0v) is 27.3. The second kappa shape index (κ2) is 13.7. The highest BCUT2D eigenvalue weighted by molar-refractivity contribution is 5.78. The van der Waals surface area contributed by atoms with Gasteiger partial charge in [0.15, 0.2) is 12.0 Å². The van der Waals surface area contributed by atoms with E-state index in [0.29, 0.717) is 25.2 Å². The van der Waals surface area contributed by atoms with Gasteiger partial charge in [0.1, 0.15) is 35.9 Å². The van der Waals surface area contributed by atoms with Gasteiger partial charge >= 0.3 is 11.9 Å². The molecular weight excluding hydrogens is 578 g/mol. The second-order valence-corrected chi connectivity index (χ2v) is 13.3. The van der Waals surface area contributed by atoms with Crippen molar-refractivity contribution in [2.75, 3.05) is 7.11 Å². The topological polar surface area (TPSA) is 133 Å². The molecule has 246 valence electrons. The number of hydrogen-bond donors (Lipinski definition) is 1. The van der Waals surface area contributed by atoms with Crippen molar-refractivity contribution in [1.82, 2.24) is 4.98 Å². The van der Waals surface area contributed by atoms with Crippen LogP contribution < -0.4 is 0 Å². The lowest BCUT2D eigenvalue weighted by atomic mass is 9.84. The largest absolute Gasteiger partial charge is 0.462 e. The molecule has 45 heavy (non-hydrogen) atoms. The van der Waals surface area contributed by atoms with Gasteiger partial charge in [0.05, 0.1) is 18.3 Å². The molecule has 0 aliphatic carbocycles. The fourth-order valence-corrected chi connectivity index (χ4v) is 6.64. The molecule has 0 aromatic carbocycles. The lowest BCUT2D eigenvalue weighted by molar-refractivity contribution is -0.159. The van der Waals surface area contributed by atoms with Crippen LogP contribution in [0, 0.1) is 24.7 Å². The molecule has 1 aromatic rings. The molecule has 3 fully saturated rings. The third kappa shape index (κ3) is 8.03. The molecule has 4 aliphatic heterocycles. The average Bonchev–Trinajstić information content (AvgIpc) is 3.86. The first kappa shape index (κ1) is 33.3. The maximum atomic E-state index is 13.4. The van der Waals surface area contributed by atoms with Crippen LogP contribution in [-0.2, 0) is 33.3 Å².